The molecule has 1 heterocycles. The van der Waals surface area contributed by atoms with Gasteiger partial charge in [0, 0.05) is 16.3 Å². The molecule has 1 aromatic rings. The first-order valence-corrected chi connectivity index (χ1v) is 8.34. The van der Waals surface area contributed by atoms with E-state index in [2.05, 4.69) is 23.0 Å². The number of esters is 1. The highest BCUT2D eigenvalue weighted by molar-refractivity contribution is 7.12. The predicted octanol–water partition coefficient (Wildman–Crippen LogP) is 3.38. The number of rotatable bonds is 6. The molecule has 1 saturated carbocycles. The SMILES string of the molecule is COC(=O)Cc1ccc(CNCC2CCC(C)CC2)s1. The Morgan fingerprint density at radius 1 is 1.30 bits per heavy atom. The summed E-state index contributed by atoms with van der Waals surface area (Å²) in [5.74, 6) is 1.60. The second-order valence-electron chi connectivity index (χ2n) is 5.88. The highest BCUT2D eigenvalue weighted by Gasteiger charge is 2.17. The van der Waals surface area contributed by atoms with Crippen molar-refractivity contribution < 1.29 is 9.53 Å². The summed E-state index contributed by atoms with van der Waals surface area (Å²) in [7, 11) is 1.43. The normalized spacial score (nSPS) is 22.7. The molecule has 0 bridgehead atoms. The van der Waals surface area contributed by atoms with E-state index in [-0.39, 0.29) is 5.97 Å². The standard InChI is InChI=1S/C16H25NO2S/c1-12-3-5-13(6-4-12)10-17-11-15-8-7-14(20-15)9-16(18)19-2/h7-8,12-13,17H,3-6,9-11H2,1-2H3. The Morgan fingerprint density at radius 2 is 2.00 bits per heavy atom. The van der Waals surface area contributed by atoms with Crippen molar-refractivity contribution in [2.75, 3.05) is 13.7 Å². The van der Waals surface area contributed by atoms with Crippen LogP contribution in [0, 0.1) is 11.8 Å². The minimum atomic E-state index is -0.164. The van der Waals surface area contributed by atoms with Crippen LogP contribution in [0.15, 0.2) is 12.1 Å². The van der Waals surface area contributed by atoms with Gasteiger partial charge in [0.1, 0.15) is 0 Å². The van der Waals surface area contributed by atoms with Crippen molar-refractivity contribution in [2.24, 2.45) is 11.8 Å². The molecule has 0 spiro atoms. The Balaban J connectivity index is 1.68. The van der Waals surface area contributed by atoms with E-state index in [1.54, 1.807) is 11.3 Å². The largest absolute Gasteiger partial charge is 0.469 e. The van der Waals surface area contributed by atoms with E-state index in [1.165, 1.54) is 37.7 Å². The zero-order chi connectivity index (χ0) is 14.4. The van der Waals surface area contributed by atoms with Gasteiger partial charge in [-0.05, 0) is 43.4 Å². The van der Waals surface area contributed by atoms with Crippen molar-refractivity contribution in [3.8, 4) is 0 Å². The highest BCUT2D eigenvalue weighted by Crippen LogP contribution is 2.27. The Hall–Kier alpha value is -0.870. The monoisotopic (exact) mass is 295 g/mol. The van der Waals surface area contributed by atoms with Gasteiger partial charge in [-0.3, -0.25) is 4.79 Å². The van der Waals surface area contributed by atoms with Crippen molar-refractivity contribution in [3.05, 3.63) is 21.9 Å². The summed E-state index contributed by atoms with van der Waals surface area (Å²) >= 11 is 1.70. The summed E-state index contributed by atoms with van der Waals surface area (Å²) < 4.78 is 4.68. The molecule has 3 nitrogen and oxygen atoms in total. The van der Waals surface area contributed by atoms with E-state index in [4.69, 9.17) is 0 Å². The van der Waals surface area contributed by atoms with Gasteiger partial charge in [-0.1, -0.05) is 19.8 Å². The summed E-state index contributed by atoms with van der Waals surface area (Å²) in [6.45, 7) is 4.40. The molecule has 0 unspecified atom stereocenters. The number of carbonyl (C=O) groups excluding carboxylic acids is 1. The number of carbonyl (C=O) groups is 1. The summed E-state index contributed by atoms with van der Waals surface area (Å²) in [6.07, 6.45) is 5.89. The van der Waals surface area contributed by atoms with Crippen LogP contribution in [0.25, 0.3) is 0 Å². The van der Waals surface area contributed by atoms with E-state index in [9.17, 15) is 4.79 Å². The topological polar surface area (TPSA) is 38.3 Å². The molecule has 1 fully saturated rings. The van der Waals surface area contributed by atoms with Gasteiger partial charge in [0.05, 0.1) is 13.5 Å². The summed E-state index contributed by atoms with van der Waals surface area (Å²) in [5.41, 5.74) is 0. The van der Waals surface area contributed by atoms with Gasteiger partial charge in [-0.2, -0.15) is 0 Å². The maximum atomic E-state index is 11.2. The Kier molecular flexibility index (Phi) is 6.05. The number of methoxy groups -OCH3 is 1. The summed E-state index contributed by atoms with van der Waals surface area (Å²) in [4.78, 5) is 13.6. The van der Waals surface area contributed by atoms with Crippen LogP contribution in [0.1, 0.15) is 42.4 Å². The molecule has 2 rings (SSSR count). The summed E-state index contributed by atoms with van der Waals surface area (Å²) in [5, 5.41) is 3.56. The Labute approximate surface area is 125 Å². The van der Waals surface area contributed by atoms with Gasteiger partial charge in [-0.25, -0.2) is 0 Å². The molecular weight excluding hydrogens is 270 g/mol. The van der Waals surface area contributed by atoms with Crippen molar-refractivity contribution in [2.45, 2.75) is 45.6 Å². The minimum absolute atomic E-state index is 0.164. The molecule has 20 heavy (non-hydrogen) atoms. The lowest BCUT2D eigenvalue weighted by Gasteiger charge is -2.26. The number of ether oxygens (including phenoxy) is 1. The molecule has 1 aromatic heterocycles. The lowest BCUT2D eigenvalue weighted by molar-refractivity contribution is -0.139. The molecule has 1 aliphatic carbocycles. The predicted molar refractivity (Wildman–Crippen MR) is 82.9 cm³/mol. The number of thiophene rings is 1. The van der Waals surface area contributed by atoms with Gasteiger partial charge in [0.2, 0.25) is 0 Å². The molecule has 0 amide bonds. The van der Waals surface area contributed by atoms with Gasteiger partial charge < -0.3 is 10.1 Å². The zero-order valence-electron chi connectivity index (χ0n) is 12.5. The van der Waals surface area contributed by atoms with Gasteiger partial charge >= 0.3 is 5.97 Å². The van der Waals surface area contributed by atoms with Gasteiger partial charge in [0.15, 0.2) is 0 Å². The van der Waals surface area contributed by atoms with Crippen LogP contribution in [0.4, 0.5) is 0 Å². The molecule has 112 valence electrons. The van der Waals surface area contributed by atoms with Crippen LogP contribution in [0.5, 0.6) is 0 Å². The third-order valence-corrected chi connectivity index (χ3v) is 5.22. The van der Waals surface area contributed by atoms with Crippen molar-refractivity contribution in [1.29, 1.82) is 0 Å². The van der Waals surface area contributed by atoms with Crippen LogP contribution >= 0.6 is 11.3 Å². The van der Waals surface area contributed by atoms with Crippen molar-refractivity contribution in [1.82, 2.24) is 5.32 Å². The average molecular weight is 295 g/mol. The molecule has 4 heteroatoms. The number of nitrogens with one attached hydrogen (secondary N) is 1. The maximum absolute atomic E-state index is 11.2. The highest BCUT2D eigenvalue weighted by atomic mass is 32.1. The number of hydrogen-bond acceptors (Lipinski definition) is 4. The fourth-order valence-electron chi connectivity index (χ4n) is 2.76. The lowest BCUT2D eigenvalue weighted by Crippen LogP contribution is -2.25. The quantitative estimate of drug-likeness (QED) is 0.818. The van der Waals surface area contributed by atoms with E-state index in [0.29, 0.717) is 6.42 Å². The van der Waals surface area contributed by atoms with Crippen molar-refractivity contribution in [3.63, 3.8) is 0 Å². The Bertz CT molecular complexity index is 422. The van der Waals surface area contributed by atoms with Crippen molar-refractivity contribution >= 4 is 17.3 Å². The molecular formula is C16H25NO2S. The molecule has 1 N–H and O–H groups in total. The maximum Gasteiger partial charge on any atom is 0.310 e. The van der Waals surface area contributed by atoms with Gasteiger partial charge in [-0.15, -0.1) is 11.3 Å². The van der Waals surface area contributed by atoms with Crippen LogP contribution in [0.3, 0.4) is 0 Å². The first-order chi connectivity index (χ1) is 9.67. The molecule has 0 aromatic carbocycles. The lowest BCUT2D eigenvalue weighted by atomic mass is 9.83. The van der Waals surface area contributed by atoms with Crippen LogP contribution in [-0.4, -0.2) is 19.6 Å². The van der Waals surface area contributed by atoms with Crippen LogP contribution < -0.4 is 5.32 Å². The first kappa shape index (κ1) is 15.5. The second-order valence-corrected chi connectivity index (χ2v) is 7.13. The zero-order valence-corrected chi connectivity index (χ0v) is 13.3. The molecule has 0 aliphatic heterocycles. The van der Waals surface area contributed by atoms with Crippen LogP contribution in [-0.2, 0) is 22.5 Å². The van der Waals surface area contributed by atoms with Crippen LogP contribution in [0.2, 0.25) is 0 Å². The first-order valence-electron chi connectivity index (χ1n) is 7.52. The van der Waals surface area contributed by atoms with E-state index >= 15 is 0 Å². The minimum Gasteiger partial charge on any atom is -0.469 e. The van der Waals surface area contributed by atoms with E-state index in [1.807, 2.05) is 6.07 Å². The molecule has 0 saturated heterocycles. The fourth-order valence-corrected chi connectivity index (χ4v) is 3.73. The van der Waals surface area contributed by atoms with E-state index < -0.39 is 0 Å². The third-order valence-electron chi connectivity index (χ3n) is 4.13. The third kappa shape index (κ3) is 4.91. The molecule has 1 aliphatic rings. The van der Waals surface area contributed by atoms with Gasteiger partial charge in [0.25, 0.3) is 0 Å². The van der Waals surface area contributed by atoms with E-state index in [0.717, 1.165) is 29.8 Å². The Morgan fingerprint density at radius 3 is 2.70 bits per heavy atom. The molecule has 0 radical (unpaired) electrons. The second kappa shape index (κ2) is 7.79. The smallest absolute Gasteiger partial charge is 0.310 e. The fraction of sp³-hybridized carbons (Fsp3) is 0.688. The summed E-state index contributed by atoms with van der Waals surface area (Å²) in [6, 6.07) is 4.14. The molecule has 0 atom stereocenters. The number of hydrogen-bond donors (Lipinski definition) is 1. The average Bonchev–Trinajstić information content (AvgIpc) is 2.88.